The minimum atomic E-state index is 0.763. The van der Waals surface area contributed by atoms with Crippen LogP contribution in [0.3, 0.4) is 0 Å². The van der Waals surface area contributed by atoms with Crippen LogP contribution in [0.25, 0.3) is 5.57 Å². The molecule has 5 aliphatic rings. The molecule has 4 bridgehead atoms. The van der Waals surface area contributed by atoms with E-state index in [9.17, 15) is 0 Å². The molecule has 0 atom stereocenters. The van der Waals surface area contributed by atoms with Gasteiger partial charge in [0.1, 0.15) is 0 Å². The molecule has 0 aromatic heterocycles. The molecular weight excluding hydrogens is 570 g/mol. The molecule has 4 fully saturated rings. The van der Waals surface area contributed by atoms with E-state index in [2.05, 4.69) is 104 Å². The van der Waals surface area contributed by atoms with Crippen LogP contribution in [-0.2, 0) is 6.42 Å². The molecular formula is C33H33Br2N. The van der Waals surface area contributed by atoms with Crippen LogP contribution >= 0.6 is 31.9 Å². The number of anilines is 3. The number of hydrogen-bond acceptors (Lipinski definition) is 1. The molecule has 0 spiro atoms. The summed E-state index contributed by atoms with van der Waals surface area (Å²) in [6, 6.07) is 23.1. The zero-order chi connectivity index (χ0) is 24.4. The average Bonchev–Trinajstić information content (AvgIpc) is 2.87. The van der Waals surface area contributed by atoms with E-state index in [0.29, 0.717) is 0 Å². The summed E-state index contributed by atoms with van der Waals surface area (Å²) >= 11 is 7.67. The van der Waals surface area contributed by atoms with E-state index in [1.807, 2.05) is 0 Å². The summed E-state index contributed by atoms with van der Waals surface area (Å²) in [7, 11) is 0. The molecule has 4 aliphatic carbocycles. The molecule has 3 aromatic carbocycles. The van der Waals surface area contributed by atoms with Crippen LogP contribution in [0.5, 0.6) is 0 Å². The van der Waals surface area contributed by atoms with Crippen molar-refractivity contribution in [1.29, 1.82) is 0 Å². The summed E-state index contributed by atoms with van der Waals surface area (Å²) in [5, 5.41) is 0. The van der Waals surface area contributed by atoms with Gasteiger partial charge < -0.3 is 4.90 Å². The topological polar surface area (TPSA) is 3.24 Å². The highest BCUT2D eigenvalue weighted by Crippen LogP contribution is 2.61. The number of nitrogens with zero attached hydrogens (tertiary/aromatic N) is 1. The first kappa shape index (κ1) is 23.3. The largest absolute Gasteiger partial charge is 0.309 e. The van der Waals surface area contributed by atoms with Gasteiger partial charge in [-0.1, -0.05) is 62.9 Å². The van der Waals surface area contributed by atoms with E-state index >= 15 is 0 Å². The maximum absolute atomic E-state index is 3.83. The number of unbranched alkanes of at least 4 members (excludes halogenated alkanes) is 1. The molecule has 0 radical (unpaired) electrons. The molecule has 4 saturated carbocycles. The highest BCUT2D eigenvalue weighted by Gasteiger charge is 2.47. The summed E-state index contributed by atoms with van der Waals surface area (Å²) < 4.78 is 2.33. The van der Waals surface area contributed by atoms with Gasteiger partial charge in [0.05, 0.1) is 11.4 Å². The summed E-state index contributed by atoms with van der Waals surface area (Å²) in [4.78, 5) is 2.49. The minimum Gasteiger partial charge on any atom is -0.309 e. The minimum absolute atomic E-state index is 0.763. The molecule has 3 aromatic rings. The van der Waals surface area contributed by atoms with E-state index in [1.165, 1.54) is 84.3 Å². The summed E-state index contributed by atoms with van der Waals surface area (Å²) in [5.74, 6) is 3.46. The van der Waals surface area contributed by atoms with Crippen LogP contribution in [0.15, 0.2) is 75.2 Å². The van der Waals surface area contributed by atoms with Crippen molar-refractivity contribution in [3.63, 3.8) is 0 Å². The Labute approximate surface area is 232 Å². The van der Waals surface area contributed by atoms with Crippen molar-refractivity contribution in [2.45, 2.75) is 58.3 Å². The smallest absolute Gasteiger partial charge is 0.0541 e. The summed E-state index contributed by atoms with van der Waals surface area (Å²) in [6.07, 6.45) is 10.7. The number of benzene rings is 3. The maximum Gasteiger partial charge on any atom is 0.0541 e. The fraction of sp³-hybridized carbons (Fsp3) is 0.394. The second-order valence-corrected chi connectivity index (χ2v) is 13.4. The Morgan fingerprint density at radius 1 is 0.722 bits per heavy atom. The van der Waals surface area contributed by atoms with E-state index in [0.717, 1.165) is 39.0 Å². The van der Waals surface area contributed by atoms with Crippen LogP contribution < -0.4 is 4.90 Å². The summed E-state index contributed by atoms with van der Waals surface area (Å²) in [5.41, 5.74) is 11.4. The van der Waals surface area contributed by atoms with Crippen molar-refractivity contribution in [1.82, 2.24) is 0 Å². The predicted molar refractivity (Wildman–Crippen MR) is 158 cm³/mol. The van der Waals surface area contributed by atoms with E-state index in [4.69, 9.17) is 0 Å². The van der Waals surface area contributed by atoms with Crippen molar-refractivity contribution in [2.75, 3.05) is 4.90 Å². The first-order chi connectivity index (χ1) is 17.6. The molecule has 0 saturated heterocycles. The third-order valence-electron chi connectivity index (χ3n) is 9.26. The lowest BCUT2D eigenvalue weighted by atomic mass is 9.53. The Balaban J connectivity index is 1.43. The zero-order valence-electron chi connectivity index (χ0n) is 20.9. The van der Waals surface area contributed by atoms with Crippen LogP contribution in [0, 0.1) is 23.7 Å². The second kappa shape index (κ2) is 9.17. The zero-order valence-corrected chi connectivity index (χ0v) is 24.1. The van der Waals surface area contributed by atoms with Gasteiger partial charge in [-0.2, -0.15) is 0 Å². The van der Waals surface area contributed by atoms with Crippen molar-refractivity contribution in [3.05, 3.63) is 91.9 Å². The van der Waals surface area contributed by atoms with Gasteiger partial charge in [-0.25, -0.2) is 0 Å². The number of fused-ring (bicyclic) bond motifs is 2. The Kier molecular flexibility index (Phi) is 5.93. The van der Waals surface area contributed by atoms with E-state index < -0.39 is 0 Å². The fourth-order valence-corrected chi connectivity index (χ4v) is 8.69. The predicted octanol–water partition coefficient (Wildman–Crippen LogP) is 10.6. The van der Waals surface area contributed by atoms with Crippen molar-refractivity contribution < 1.29 is 0 Å². The highest BCUT2D eigenvalue weighted by molar-refractivity contribution is 9.10. The first-order valence-electron chi connectivity index (χ1n) is 13.8. The number of aryl methyl sites for hydroxylation is 1. The number of halogens is 2. The third-order valence-corrected chi connectivity index (χ3v) is 10.2. The van der Waals surface area contributed by atoms with Gasteiger partial charge in [0.25, 0.3) is 0 Å². The average molecular weight is 603 g/mol. The Hall–Kier alpha value is -1.84. The molecule has 3 heteroatoms. The number of allylic oxidation sites excluding steroid dienone is 1. The second-order valence-electron chi connectivity index (χ2n) is 11.6. The van der Waals surface area contributed by atoms with Gasteiger partial charge in [-0.05, 0) is 128 Å². The van der Waals surface area contributed by atoms with Gasteiger partial charge >= 0.3 is 0 Å². The molecule has 1 aliphatic heterocycles. The maximum atomic E-state index is 3.83. The lowest BCUT2D eigenvalue weighted by Crippen LogP contribution is -2.41. The van der Waals surface area contributed by atoms with Crippen molar-refractivity contribution >= 4 is 54.5 Å². The van der Waals surface area contributed by atoms with Crippen molar-refractivity contribution in [2.24, 2.45) is 23.7 Å². The van der Waals surface area contributed by atoms with Crippen LogP contribution in [-0.4, -0.2) is 0 Å². The van der Waals surface area contributed by atoms with Gasteiger partial charge in [0.2, 0.25) is 0 Å². The quantitative estimate of drug-likeness (QED) is 0.224. The fourth-order valence-electron chi connectivity index (χ4n) is 7.96. The Morgan fingerprint density at radius 2 is 1.28 bits per heavy atom. The molecule has 8 rings (SSSR count). The van der Waals surface area contributed by atoms with Gasteiger partial charge in [-0.3, -0.25) is 0 Å². The highest BCUT2D eigenvalue weighted by atomic mass is 79.9. The molecule has 0 unspecified atom stereocenters. The van der Waals surface area contributed by atoms with Crippen LogP contribution in [0.1, 0.15) is 68.6 Å². The molecule has 36 heavy (non-hydrogen) atoms. The lowest BCUT2D eigenvalue weighted by Gasteiger charge is -2.53. The Morgan fingerprint density at radius 3 is 1.81 bits per heavy atom. The molecule has 184 valence electrons. The normalized spacial score (nSPS) is 25.8. The van der Waals surface area contributed by atoms with Gasteiger partial charge in [0.15, 0.2) is 0 Å². The SMILES string of the molecule is CCCCc1ccc(N2c3ccc(Br)cc3C(=C3C4CC5CC(C4)CC3C5)c3cc(Br)ccc32)cc1. The van der Waals surface area contributed by atoms with E-state index in [1.54, 1.807) is 5.57 Å². The lowest BCUT2D eigenvalue weighted by molar-refractivity contribution is 0.0705. The number of hydrogen-bond donors (Lipinski definition) is 0. The Bertz CT molecular complexity index is 1270. The molecule has 0 N–H and O–H groups in total. The standard InChI is InChI=1S/C33H33Br2N/c1-2-3-4-20-5-9-27(10-6-20)36-30-11-7-25(34)18-28(30)33(29-19-26(35)8-12-31(29)36)32-23-14-21-13-22(16-23)17-24(32)15-21/h5-12,18-19,21-24H,2-4,13-17H2,1H3. The number of rotatable bonds is 4. The van der Waals surface area contributed by atoms with Crippen LogP contribution in [0.4, 0.5) is 17.1 Å². The van der Waals surface area contributed by atoms with Gasteiger partial charge in [0, 0.05) is 25.8 Å². The third kappa shape index (κ3) is 3.84. The van der Waals surface area contributed by atoms with Gasteiger partial charge in [-0.15, -0.1) is 0 Å². The monoisotopic (exact) mass is 601 g/mol. The first-order valence-corrected chi connectivity index (χ1v) is 15.4. The summed E-state index contributed by atoms with van der Waals surface area (Å²) in [6.45, 7) is 2.27. The van der Waals surface area contributed by atoms with E-state index in [-0.39, 0.29) is 0 Å². The molecule has 1 nitrogen and oxygen atoms in total. The molecule has 1 heterocycles. The van der Waals surface area contributed by atoms with Crippen LogP contribution in [0.2, 0.25) is 0 Å². The van der Waals surface area contributed by atoms with Crippen molar-refractivity contribution in [3.8, 4) is 0 Å². The molecule has 0 amide bonds.